The minimum Gasteiger partial charge on any atom is -0.444 e. The molecule has 1 spiro atoms. The van der Waals surface area contributed by atoms with E-state index in [1.165, 1.54) is 0 Å². The van der Waals surface area contributed by atoms with Gasteiger partial charge in [-0.3, -0.25) is 0 Å². The Morgan fingerprint density at radius 2 is 1.50 bits per heavy atom. The molecule has 0 fully saturated rings. The third kappa shape index (κ3) is 2.67. The molecule has 0 bridgehead atoms. The van der Waals surface area contributed by atoms with Gasteiger partial charge in [0.1, 0.15) is 11.5 Å². The zero-order chi connectivity index (χ0) is 19.1. The summed E-state index contributed by atoms with van der Waals surface area (Å²) in [4.78, 5) is 2.07. The van der Waals surface area contributed by atoms with E-state index in [-0.39, 0.29) is 0 Å². The van der Waals surface area contributed by atoms with Gasteiger partial charge in [-0.15, -0.1) is 0 Å². The van der Waals surface area contributed by atoms with E-state index < -0.39 is 5.79 Å². The van der Waals surface area contributed by atoms with E-state index in [4.69, 9.17) is 9.47 Å². The van der Waals surface area contributed by atoms with Crippen LogP contribution >= 0.6 is 0 Å². The molecular formula is C25H21NO2. The lowest BCUT2D eigenvalue weighted by Crippen LogP contribution is -2.44. The maximum atomic E-state index is 6.57. The van der Waals surface area contributed by atoms with Crippen LogP contribution in [0.3, 0.4) is 0 Å². The Morgan fingerprint density at radius 1 is 0.750 bits per heavy atom. The van der Waals surface area contributed by atoms with Crippen molar-refractivity contribution in [2.45, 2.75) is 5.79 Å². The first kappa shape index (κ1) is 16.7. The van der Waals surface area contributed by atoms with Crippen LogP contribution in [0.2, 0.25) is 0 Å². The van der Waals surface area contributed by atoms with Gasteiger partial charge in [0.25, 0.3) is 5.79 Å². The van der Waals surface area contributed by atoms with Gasteiger partial charge in [-0.1, -0.05) is 48.5 Å². The molecule has 3 aromatic carbocycles. The molecule has 3 heteroatoms. The van der Waals surface area contributed by atoms with Crippen LogP contribution in [0.25, 0.3) is 17.7 Å². The number of ether oxygens (including phenoxy) is 2. The summed E-state index contributed by atoms with van der Waals surface area (Å²) >= 11 is 0. The fraction of sp³-hybridized carbons (Fsp3) is 0.120. The molecule has 0 radical (unpaired) electrons. The Balaban J connectivity index is 1.67. The standard InChI is InChI=1S/C25H21NO2/c1-26(2)21-13-12-19-14-15-25(28-24(19)17-21)22(18-8-4-3-5-9-18)16-20-10-6-7-11-23(20)27-25/h3-17H,1-2H3. The highest BCUT2D eigenvalue weighted by Gasteiger charge is 2.43. The molecule has 3 aromatic rings. The summed E-state index contributed by atoms with van der Waals surface area (Å²) in [6, 6.07) is 24.6. The van der Waals surface area contributed by atoms with Gasteiger partial charge in [0.05, 0.1) is 0 Å². The van der Waals surface area contributed by atoms with E-state index in [0.717, 1.165) is 39.4 Å². The summed E-state index contributed by atoms with van der Waals surface area (Å²) < 4.78 is 13.1. The van der Waals surface area contributed by atoms with E-state index in [9.17, 15) is 0 Å². The fourth-order valence-electron chi connectivity index (χ4n) is 3.69. The minimum atomic E-state index is -0.992. The Hall–Kier alpha value is -3.46. The molecule has 2 aliphatic rings. The second-order valence-electron chi connectivity index (χ2n) is 7.28. The number of hydrogen-bond acceptors (Lipinski definition) is 3. The number of rotatable bonds is 2. The number of para-hydroxylation sites is 1. The molecule has 5 rings (SSSR count). The first-order chi connectivity index (χ1) is 13.6. The lowest BCUT2D eigenvalue weighted by atomic mass is 9.90. The second kappa shape index (κ2) is 6.31. The SMILES string of the molecule is CN(C)c1ccc2c(c1)OC1(C=C2)Oc2ccccc2C=C1c1ccccc1. The molecule has 0 saturated carbocycles. The Labute approximate surface area is 165 Å². The third-order valence-corrected chi connectivity index (χ3v) is 5.20. The van der Waals surface area contributed by atoms with Crippen molar-refractivity contribution >= 4 is 23.4 Å². The maximum absolute atomic E-state index is 6.57. The second-order valence-corrected chi connectivity index (χ2v) is 7.28. The zero-order valence-electron chi connectivity index (χ0n) is 15.9. The van der Waals surface area contributed by atoms with Gasteiger partial charge in [0.15, 0.2) is 0 Å². The number of hydrogen-bond donors (Lipinski definition) is 0. The van der Waals surface area contributed by atoms with Crippen LogP contribution in [0.15, 0.2) is 78.9 Å². The van der Waals surface area contributed by atoms with Crippen LogP contribution in [0.1, 0.15) is 16.7 Å². The van der Waals surface area contributed by atoms with Gasteiger partial charge >= 0.3 is 0 Å². The van der Waals surface area contributed by atoms with Gasteiger partial charge in [-0.05, 0) is 35.9 Å². The zero-order valence-corrected chi connectivity index (χ0v) is 15.9. The molecular weight excluding hydrogens is 346 g/mol. The van der Waals surface area contributed by atoms with Crippen molar-refractivity contribution in [3.63, 3.8) is 0 Å². The molecule has 0 amide bonds. The normalized spacial score (nSPS) is 19.1. The highest BCUT2D eigenvalue weighted by molar-refractivity contribution is 5.91. The summed E-state index contributed by atoms with van der Waals surface area (Å²) in [5, 5.41) is 0. The van der Waals surface area contributed by atoms with Crippen molar-refractivity contribution in [1.29, 1.82) is 0 Å². The lowest BCUT2D eigenvalue weighted by molar-refractivity contribution is -0.0211. The molecule has 2 aliphatic heterocycles. The minimum absolute atomic E-state index is 0.815. The van der Waals surface area contributed by atoms with Gasteiger partial charge in [0.2, 0.25) is 0 Å². The predicted molar refractivity (Wildman–Crippen MR) is 115 cm³/mol. The van der Waals surface area contributed by atoms with Crippen LogP contribution in [0.5, 0.6) is 11.5 Å². The Bertz CT molecular complexity index is 1100. The molecule has 2 heterocycles. The molecule has 0 N–H and O–H groups in total. The third-order valence-electron chi connectivity index (χ3n) is 5.20. The first-order valence-electron chi connectivity index (χ1n) is 9.40. The number of nitrogens with zero attached hydrogens (tertiary/aromatic N) is 1. The van der Waals surface area contributed by atoms with Crippen LogP contribution < -0.4 is 14.4 Å². The van der Waals surface area contributed by atoms with E-state index in [2.05, 4.69) is 53.5 Å². The van der Waals surface area contributed by atoms with Gasteiger partial charge in [-0.25, -0.2) is 0 Å². The average molecular weight is 367 g/mol. The summed E-state index contributed by atoms with van der Waals surface area (Å²) in [6.07, 6.45) is 6.27. The van der Waals surface area contributed by atoms with Crippen LogP contribution in [0.4, 0.5) is 5.69 Å². The highest BCUT2D eigenvalue weighted by atomic mass is 16.7. The van der Waals surface area contributed by atoms with E-state index >= 15 is 0 Å². The molecule has 1 atom stereocenters. The van der Waals surface area contributed by atoms with Crippen molar-refractivity contribution in [2.75, 3.05) is 19.0 Å². The number of anilines is 1. The van der Waals surface area contributed by atoms with Crippen molar-refractivity contribution < 1.29 is 9.47 Å². The molecule has 138 valence electrons. The summed E-state index contributed by atoms with van der Waals surface area (Å²) in [6.45, 7) is 0. The monoisotopic (exact) mass is 367 g/mol. The highest BCUT2D eigenvalue weighted by Crippen LogP contribution is 2.46. The van der Waals surface area contributed by atoms with E-state index in [1.807, 2.05) is 56.6 Å². The predicted octanol–water partition coefficient (Wildman–Crippen LogP) is 5.49. The van der Waals surface area contributed by atoms with E-state index in [0.29, 0.717) is 0 Å². The largest absolute Gasteiger partial charge is 0.444 e. The van der Waals surface area contributed by atoms with Crippen molar-refractivity contribution in [3.8, 4) is 11.5 Å². The summed E-state index contributed by atoms with van der Waals surface area (Å²) in [7, 11) is 4.05. The molecule has 0 aromatic heterocycles. The van der Waals surface area contributed by atoms with Crippen LogP contribution in [0, 0.1) is 0 Å². The smallest absolute Gasteiger partial charge is 0.299 e. The van der Waals surface area contributed by atoms with Gasteiger partial charge < -0.3 is 14.4 Å². The van der Waals surface area contributed by atoms with Crippen molar-refractivity contribution in [3.05, 3.63) is 95.6 Å². The molecule has 28 heavy (non-hydrogen) atoms. The Kier molecular flexibility index (Phi) is 3.76. The molecule has 0 saturated heterocycles. The fourth-order valence-corrected chi connectivity index (χ4v) is 3.69. The summed E-state index contributed by atoms with van der Waals surface area (Å²) in [5.74, 6) is 0.641. The molecule has 1 unspecified atom stereocenters. The average Bonchev–Trinajstić information content (AvgIpc) is 2.73. The topological polar surface area (TPSA) is 21.7 Å². The van der Waals surface area contributed by atoms with Crippen LogP contribution in [-0.2, 0) is 0 Å². The maximum Gasteiger partial charge on any atom is 0.299 e. The van der Waals surface area contributed by atoms with Gasteiger partial charge in [0, 0.05) is 48.6 Å². The summed E-state index contributed by atoms with van der Waals surface area (Å²) in [5.41, 5.74) is 5.26. The van der Waals surface area contributed by atoms with Crippen LogP contribution in [-0.4, -0.2) is 19.9 Å². The van der Waals surface area contributed by atoms with E-state index in [1.54, 1.807) is 0 Å². The quantitative estimate of drug-likeness (QED) is 0.598. The number of benzene rings is 3. The van der Waals surface area contributed by atoms with Crippen molar-refractivity contribution in [2.24, 2.45) is 0 Å². The first-order valence-corrected chi connectivity index (χ1v) is 9.40. The Morgan fingerprint density at radius 3 is 2.32 bits per heavy atom. The van der Waals surface area contributed by atoms with Gasteiger partial charge in [-0.2, -0.15) is 0 Å². The molecule has 0 aliphatic carbocycles. The molecule has 3 nitrogen and oxygen atoms in total. The lowest BCUT2D eigenvalue weighted by Gasteiger charge is -2.39. The van der Waals surface area contributed by atoms with Crippen molar-refractivity contribution in [1.82, 2.24) is 0 Å². The number of fused-ring (bicyclic) bond motifs is 2.